The molecular formula is C18H16N2O4. The molecule has 6 heteroatoms. The van der Waals surface area contributed by atoms with Crippen molar-refractivity contribution in [2.45, 2.75) is 19.3 Å². The van der Waals surface area contributed by atoms with Crippen molar-refractivity contribution in [1.82, 2.24) is 4.98 Å². The fourth-order valence-electron chi connectivity index (χ4n) is 2.42. The number of carbonyl (C=O) groups is 2. The lowest BCUT2D eigenvalue weighted by Crippen LogP contribution is -2.12. The molecule has 1 amide bonds. The molecule has 0 saturated carbocycles. The van der Waals surface area contributed by atoms with Crippen LogP contribution < -0.4 is 11.1 Å². The molecule has 1 aromatic heterocycles. The number of Topliss-reactive ketones (excluding diaryl/α,β-unsaturated/α-hetero) is 1. The number of anilines is 1. The minimum Gasteiger partial charge on any atom is -0.408 e. The number of rotatable bonds is 6. The number of ketones is 1. The zero-order valence-electron chi connectivity index (χ0n) is 12.9. The van der Waals surface area contributed by atoms with Crippen molar-refractivity contribution in [2.75, 3.05) is 5.32 Å². The molecule has 0 radical (unpaired) electrons. The van der Waals surface area contributed by atoms with Crippen LogP contribution in [0.2, 0.25) is 0 Å². The SMILES string of the molecule is O=C(CCCC(=O)c1ccccc1)Nc1ccc2[nH]c(=O)oc2c1. The van der Waals surface area contributed by atoms with Crippen molar-refractivity contribution in [2.24, 2.45) is 0 Å². The molecule has 3 rings (SSSR count). The summed E-state index contributed by atoms with van der Waals surface area (Å²) in [7, 11) is 0. The second kappa shape index (κ2) is 6.95. The summed E-state index contributed by atoms with van der Waals surface area (Å²) in [5.41, 5.74) is 2.17. The Balaban J connectivity index is 1.51. The number of aromatic nitrogens is 1. The van der Waals surface area contributed by atoms with E-state index in [1.165, 1.54) is 0 Å². The van der Waals surface area contributed by atoms with Crippen LogP contribution in [0.5, 0.6) is 0 Å². The largest absolute Gasteiger partial charge is 0.417 e. The van der Waals surface area contributed by atoms with Gasteiger partial charge in [-0.25, -0.2) is 4.79 Å². The molecule has 6 nitrogen and oxygen atoms in total. The number of benzene rings is 2. The maximum Gasteiger partial charge on any atom is 0.417 e. The highest BCUT2D eigenvalue weighted by atomic mass is 16.4. The van der Waals surface area contributed by atoms with Gasteiger partial charge in [0.2, 0.25) is 5.91 Å². The third kappa shape index (κ3) is 3.78. The van der Waals surface area contributed by atoms with E-state index in [1.807, 2.05) is 18.2 Å². The molecule has 24 heavy (non-hydrogen) atoms. The van der Waals surface area contributed by atoms with E-state index in [1.54, 1.807) is 30.3 Å². The van der Waals surface area contributed by atoms with Gasteiger partial charge in [-0.2, -0.15) is 0 Å². The molecule has 0 bridgehead atoms. The van der Waals surface area contributed by atoms with E-state index in [0.717, 1.165) is 0 Å². The Morgan fingerprint density at radius 2 is 1.83 bits per heavy atom. The number of hydrogen-bond donors (Lipinski definition) is 2. The van der Waals surface area contributed by atoms with Crippen LogP contribution in [-0.4, -0.2) is 16.7 Å². The molecule has 0 saturated heterocycles. The third-order valence-corrected chi connectivity index (χ3v) is 3.61. The molecule has 0 fully saturated rings. The van der Waals surface area contributed by atoms with E-state index in [-0.39, 0.29) is 18.1 Å². The number of nitrogens with one attached hydrogen (secondary N) is 2. The van der Waals surface area contributed by atoms with E-state index in [9.17, 15) is 14.4 Å². The summed E-state index contributed by atoms with van der Waals surface area (Å²) in [6.45, 7) is 0. The van der Waals surface area contributed by atoms with Gasteiger partial charge in [-0.15, -0.1) is 0 Å². The first-order valence-electron chi connectivity index (χ1n) is 7.63. The number of amides is 1. The van der Waals surface area contributed by atoms with Gasteiger partial charge in [0, 0.05) is 30.2 Å². The molecule has 3 aromatic rings. The summed E-state index contributed by atoms with van der Waals surface area (Å²) in [5.74, 6) is -0.695. The fraction of sp³-hybridized carbons (Fsp3) is 0.167. The molecule has 0 unspecified atom stereocenters. The van der Waals surface area contributed by atoms with Crippen LogP contribution in [0.25, 0.3) is 11.1 Å². The Morgan fingerprint density at radius 1 is 1.04 bits per heavy atom. The van der Waals surface area contributed by atoms with Crippen LogP contribution in [0.4, 0.5) is 5.69 Å². The van der Waals surface area contributed by atoms with Gasteiger partial charge in [0.15, 0.2) is 11.4 Å². The van der Waals surface area contributed by atoms with Gasteiger partial charge in [-0.1, -0.05) is 30.3 Å². The van der Waals surface area contributed by atoms with E-state index < -0.39 is 5.76 Å². The van der Waals surface area contributed by atoms with Crippen molar-refractivity contribution in [3.63, 3.8) is 0 Å². The second-order valence-corrected chi connectivity index (χ2v) is 5.42. The molecule has 0 atom stereocenters. The van der Waals surface area contributed by atoms with Crippen LogP contribution in [0.1, 0.15) is 29.6 Å². The zero-order chi connectivity index (χ0) is 16.9. The molecule has 0 aliphatic rings. The molecule has 1 heterocycles. The Morgan fingerprint density at radius 3 is 2.62 bits per heavy atom. The van der Waals surface area contributed by atoms with Gasteiger partial charge >= 0.3 is 5.76 Å². The summed E-state index contributed by atoms with van der Waals surface area (Å²) in [6.07, 6.45) is 1.04. The fourth-order valence-corrected chi connectivity index (χ4v) is 2.42. The Bertz CT molecular complexity index is 925. The van der Waals surface area contributed by atoms with Crippen molar-refractivity contribution in [3.8, 4) is 0 Å². The average Bonchev–Trinajstić information content (AvgIpc) is 2.95. The van der Waals surface area contributed by atoms with E-state index in [2.05, 4.69) is 10.3 Å². The predicted molar refractivity (Wildman–Crippen MR) is 90.1 cm³/mol. The van der Waals surface area contributed by atoms with Crippen LogP contribution in [0.3, 0.4) is 0 Å². The van der Waals surface area contributed by atoms with E-state index >= 15 is 0 Å². The maximum atomic E-state index is 12.0. The number of aromatic amines is 1. The topological polar surface area (TPSA) is 92.2 Å². The lowest BCUT2D eigenvalue weighted by Gasteiger charge is -2.05. The quantitative estimate of drug-likeness (QED) is 0.681. The lowest BCUT2D eigenvalue weighted by atomic mass is 10.1. The summed E-state index contributed by atoms with van der Waals surface area (Å²) < 4.78 is 4.94. The normalized spacial score (nSPS) is 10.7. The highest BCUT2D eigenvalue weighted by Crippen LogP contribution is 2.17. The van der Waals surface area contributed by atoms with Gasteiger partial charge in [0.05, 0.1) is 5.52 Å². The number of H-pyrrole nitrogens is 1. The third-order valence-electron chi connectivity index (χ3n) is 3.61. The monoisotopic (exact) mass is 324 g/mol. The Labute approximate surface area is 137 Å². The Hall–Kier alpha value is -3.15. The predicted octanol–water partition coefficient (Wildman–Crippen LogP) is 3.11. The molecule has 0 aliphatic carbocycles. The molecule has 2 N–H and O–H groups in total. The van der Waals surface area contributed by atoms with Crippen LogP contribution >= 0.6 is 0 Å². The summed E-state index contributed by atoms with van der Waals surface area (Å²) in [5, 5.41) is 2.73. The minimum atomic E-state index is -0.534. The highest BCUT2D eigenvalue weighted by molar-refractivity contribution is 5.97. The number of hydrogen-bond acceptors (Lipinski definition) is 4. The molecule has 122 valence electrons. The number of oxazole rings is 1. The van der Waals surface area contributed by atoms with Crippen molar-refractivity contribution in [1.29, 1.82) is 0 Å². The maximum absolute atomic E-state index is 12.0. The van der Waals surface area contributed by atoms with Gasteiger partial charge in [0.25, 0.3) is 0 Å². The Kier molecular flexibility index (Phi) is 4.56. The van der Waals surface area contributed by atoms with Gasteiger partial charge in [-0.3, -0.25) is 14.6 Å². The minimum absolute atomic E-state index is 0.0268. The van der Waals surface area contributed by atoms with Gasteiger partial charge in [0.1, 0.15) is 0 Å². The summed E-state index contributed by atoms with van der Waals surface area (Å²) >= 11 is 0. The molecule has 0 spiro atoms. The summed E-state index contributed by atoms with van der Waals surface area (Å²) in [4.78, 5) is 37.5. The van der Waals surface area contributed by atoms with Crippen LogP contribution in [-0.2, 0) is 4.79 Å². The van der Waals surface area contributed by atoms with Gasteiger partial charge < -0.3 is 9.73 Å². The van der Waals surface area contributed by atoms with E-state index in [0.29, 0.717) is 35.2 Å². The molecule has 0 aliphatic heterocycles. The first kappa shape index (κ1) is 15.7. The number of carbonyl (C=O) groups excluding carboxylic acids is 2. The van der Waals surface area contributed by atoms with E-state index in [4.69, 9.17) is 4.42 Å². The summed E-state index contributed by atoms with van der Waals surface area (Å²) in [6, 6.07) is 13.9. The average molecular weight is 324 g/mol. The second-order valence-electron chi connectivity index (χ2n) is 5.42. The molecule has 2 aromatic carbocycles. The highest BCUT2D eigenvalue weighted by Gasteiger charge is 2.09. The van der Waals surface area contributed by atoms with Crippen molar-refractivity contribution >= 4 is 28.5 Å². The zero-order valence-corrected chi connectivity index (χ0v) is 12.9. The first-order chi connectivity index (χ1) is 11.6. The van der Waals surface area contributed by atoms with Crippen molar-refractivity contribution < 1.29 is 14.0 Å². The van der Waals surface area contributed by atoms with Crippen LogP contribution in [0, 0.1) is 0 Å². The standard InChI is InChI=1S/C18H16N2O4/c21-15(12-5-2-1-3-6-12)7-4-8-17(22)19-13-9-10-14-16(11-13)24-18(23)20-14/h1-3,5-6,9-11H,4,7-8H2,(H,19,22)(H,20,23). The van der Waals surface area contributed by atoms with Gasteiger partial charge in [-0.05, 0) is 18.6 Å². The van der Waals surface area contributed by atoms with Crippen LogP contribution in [0.15, 0.2) is 57.7 Å². The molecular weight excluding hydrogens is 308 g/mol. The smallest absolute Gasteiger partial charge is 0.408 e. The lowest BCUT2D eigenvalue weighted by molar-refractivity contribution is -0.116. The van der Waals surface area contributed by atoms with Crippen molar-refractivity contribution in [3.05, 3.63) is 64.6 Å². The first-order valence-corrected chi connectivity index (χ1v) is 7.63. The number of fused-ring (bicyclic) bond motifs is 1.